The third kappa shape index (κ3) is 5.79. The number of hydrogen-bond acceptors (Lipinski definition) is 4. The van der Waals surface area contributed by atoms with E-state index in [2.05, 4.69) is 5.32 Å². The minimum absolute atomic E-state index is 0.00739. The molecule has 0 aromatic rings. The maximum Gasteiger partial charge on any atom is 0.407 e. The zero-order chi connectivity index (χ0) is 18.6. The summed E-state index contributed by atoms with van der Waals surface area (Å²) in [4.78, 5) is 38.9. The number of nitrogens with zero attached hydrogens (tertiary/aromatic N) is 2. The molecule has 142 valence electrons. The summed E-state index contributed by atoms with van der Waals surface area (Å²) in [6, 6.07) is -0.103. The van der Waals surface area contributed by atoms with Crippen molar-refractivity contribution in [2.75, 3.05) is 26.2 Å². The number of carbonyl (C=O) groups is 3. The lowest BCUT2D eigenvalue weighted by Gasteiger charge is -2.38. The van der Waals surface area contributed by atoms with Crippen LogP contribution in [-0.4, -0.2) is 70.8 Å². The fraction of sp³-hybridized carbons (Fsp3) is 0.824. The van der Waals surface area contributed by atoms with Gasteiger partial charge in [0.1, 0.15) is 5.60 Å². The second-order valence-corrected chi connectivity index (χ2v) is 7.81. The zero-order valence-corrected chi connectivity index (χ0v) is 15.3. The molecular weight excluding hydrogens is 326 g/mol. The normalized spacial score (nSPS) is 22.4. The second kappa shape index (κ2) is 7.93. The molecule has 1 atom stereocenters. The van der Waals surface area contributed by atoms with E-state index in [1.54, 1.807) is 9.80 Å². The largest absolute Gasteiger partial charge is 0.481 e. The summed E-state index contributed by atoms with van der Waals surface area (Å²) in [5, 5.41) is 12.0. The molecule has 0 unspecified atom stereocenters. The van der Waals surface area contributed by atoms with E-state index in [4.69, 9.17) is 9.84 Å². The van der Waals surface area contributed by atoms with Gasteiger partial charge in [0, 0.05) is 32.2 Å². The molecule has 0 bridgehead atoms. The Bertz CT molecular complexity index is 509. The smallest absolute Gasteiger partial charge is 0.407 e. The van der Waals surface area contributed by atoms with E-state index in [-0.39, 0.29) is 18.6 Å². The molecule has 0 aliphatic carbocycles. The van der Waals surface area contributed by atoms with Crippen LogP contribution in [0, 0.1) is 5.92 Å². The number of hydrogen-bond donors (Lipinski definition) is 2. The van der Waals surface area contributed by atoms with E-state index < -0.39 is 23.6 Å². The predicted octanol–water partition coefficient (Wildman–Crippen LogP) is 1.89. The fourth-order valence-corrected chi connectivity index (χ4v) is 3.24. The number of carboxylic acids is 1. The Hall–Kier alpha value is -1.99. The quantitative estimate of drug-likeness (QED) is 0.788. The standard InChI is InChI=1S/C17H29N3O5/c1-17(2,3)25-15(23)18-13-6-9-19(10-7-13)16(24)20-8-4-5-12(11-20)14(21)22/h12-13H,4-11H2,1-3H3,(H,18,23)(H,21,22)/t12-/m1/s1. The zero-order valence-electron chi connectivity index (χ0n) is 15.3. The predicted molar refractivity (Wildman–Crippen MR) is 91.3 cm³/mol. The van der Waals surface area contributed by atoms with Crippen LogP contribution in [0.4, 0.5) is 9.59 Å². The lowest BCUT2D eigenvalue weighted by Crippen LogP contribution is -2.53. The van der Waals surface area contributed by atoms with Gasteiger partial charge in [-0.2, -0.15) is 0 Å². The van der Waals surface area contributed by atoms with Crippen LogP contribution in [0.25, 0.3) is 0 Å². The summed E-state index contributed by atoms with van der Waals surface area (Å²) in [5.41, 5.74) is -0.532. The first kappa shape index (κ1) is 19.3. The Morgan fingerprint density at radius 3 is 2.24 bits per heavy atom. The van der Waals surface area contributed by atoms with Crippen LogP contribution in [0.5, 0.6) is 0 Å². The molecular formula is C17H29N3O5. The Labute approximate surface area is 148 Å². The number of urea groups is 1. The number of carbonyl (C=O) groups excluding carboxylic acids is 2. The molecule has 2 saturated heterocycles. The highest BCUT2D eigenvalue weighted by atomic mass is 16.6. The second-order valence-electron chi connectivity index (χ2n) is 7.81. The van der Waals surface area contributed by atoms with Crippen LogP contribution < -0.4 is 5.32 Å². The van der Waals surface area contributed by atoms with Crippen molar-refractivity contribution in [3.05, 3.63) is 0 Å². The number of amides is 3. The topological polar surface area (TPSA) is 99.2 Å². The minimum atomic E-state index is -0.835. The van der Waals surface area contributed by atoms with E-state index in [1.807, 2.05) is 20.8 Å². The summed E-state index contributed by atoms with van der Waals surface area (Å²) in [7, 11) is 0. The van der Waals surface area contributed by atoms with Crippen molar-refractivity contribution >= 4 is 18.1 Å². The Kier molecular flexibility index (Phi) is 6.13. The van der Waals surface area contributed by atoms with E-state index >= 15 is 0 Å². The lowest BCUT2D eigenvalue weighted by atomic mass is 9.98. The van der Waals surface area contributed by atoms with E-state index in [0.29, 0.717) is 38.9 Å². The maximum absolute atomic E-state index is 12.6. The summed E-state index contributed by atoms with van der Waals surface area (Å²) in [6.45, 7) is 7.44. The highest BCUT2D eigenvalue weighted by molar-refractivity contribution is 5.77. The van der Waals surface area contributed by atoms with Crippen molar-refractivity contribution < 1.29 is 24.2 Å². The molecule has 0 aromatic carbocycles. The van der Waals surface area contributed by atoms with Gasteiger partial charge in [-0.05, 0) is 46.5 Å². The highest BCUT2D eigenvalue weighted by Gasteiger charge is 2.32. The van der Waals surface area contributed by atoms with Crippen LogP contribution in [0.1, 0.15) is 46.5 Å². The van der Waals surface area contributed by atoms with Crippen molar-refractivity contribution in [1.82, 2.24) is 15.1 Å². The average molecular weight is 355 g/mol. The molecule has 0 spiro atoms. The third-order valence-corrected chi connectivity index (χ3v) is 4.53. The Morgan fingerprint density at radius 1 is 1.04 bits per heavy atom. The molecule has 2 rings (SSSR count). The number of likely N-dealkylation sites (tertiary alicyclic amines) is 2. The van der Waals surface area contributed by atoms with Gasteiger partial charge in [0.15, 0.2) is 0 Å². The number of rotatable bonds is 2. The van der Waals surface area contributed by atoms with Gasteiger partial charge in [0.2, 0.25) is 0 Å². The SMILES string of the molecule is CC(C)(C)OC(=O)NC1CCN(C(=O)N2CCC[C@@H](C(=O)O)C2)CC1. The summed E-state index contributed by atoms with van der Waals surface area (Å²) >= 11 is 0. The lowest BCUT2D eigenvalue weighted by molar-refractivity contribution is -0.143. The van der Waals surface area contributed by atoms with Crippen LogP contribution in [0.3, 0.4) is 0 Å². The monoisotopic (exact) mass is 355 g/mol. The van der Waals surface area contributed by atoms with Crippen LogP contribution in [0.15, 0.2) is 0 Å². The first-order valence-electron chi connectivity index (χ1n) is 8.92. The van der Waals surface area contributed by atoms with E-state index in [1.165, 1.54) is 0 Å². The first-order valence-corrected chi connectivity index (χ1v) is 8.92. The van der Waals surface area contributed by atoms with Crippen molar-refractivity contribution in [1.29, 1.82) is 0 Å². The maximum atomic E-state index is 12.6. The molecule has 2 aliphatic rings. The molecule has 2 heterocycles. The molecule has 2 aliphatic heterocycles. The van der Waals surface area contributed by atoms with Crippen molar-refractivity contribution in [3.8, 4) is 0 Å². The van der Waals surface area contributed by atoms with Crippen molar-refractivity contribution in [2.24, 2.45) is 5.92 Å². The number of nitrogens with one attached hydrogen (secondary N) is 1. The van der Waals surface area contributed by atoms with Gasteiger partial charge in [-0.1, -0.05) is 0 Å². The van der Waals surface area contributed by atoms with Crippen LogP contribution >= 0.6 is 0 Å². The Morgan fingerprint density at radius 2 is 1.68 bits per heavy atom. The van der Waals surface area contributed by atoms with E-state index in [9.17, 15) is 14.4 Å². The average Bonchev–Trinajstić information content (AvgIpc) is 2.53. The minimum Gasteiger partial charge on any atom is -0.481 e. The van der Waals surface area contributed by atoms with Crippen molar-refractivity contribution in [3.63, 3.8) is 0 Å². The van der Waals surface area contributed by atoms with Crippen LogP contribution in [0.2, 0.25) is 0 Å². The number of ether oxygens (including phenoxy) is 1. The molecule has 0 aromatic heterocycles. The van der Waals surface area contributed by atoms with Crippen LogP contribution in [-0.2, 0) is 9.53 Å². The summed E-state index contributed by atoms with van der Waals surface area (Å²) in [5.74, 6) is -1.30. The fourth-order valence-electron chi connectivity index (χ4n) is 3.24. The van der Waals surface area contributed by atoms with Gasteiger partial charge < -0.3 is 25.0 Å². The van der Waals surface area contributed by atoms with Gasteiger partial charge in [-0.25, -0.2) is 9.59 Å². The number of piperidine rings is 2. The molecule has 2 N–H and O–H groups in total. The van der Waals surface area contributed by atoms with Gasteiger partial charge in [-0.15, -0.1) is 0 Å². The molecule has 8 heteroatoms. The third-order valence-electron chi connectivity index (χ3n) is 4.53. The summed E-state index contributed by atoms with van der Waals surface area (Å²) in [6.07, 6.45) is 2.25. The van der Waals surface area contributed by atoms with Crippen molar-refractivity contribution in [2.45, 2.75) is 58.1 Å². The van der Waals surface area contributed by atoms with E-state index in [0.717, 1.165) is 6.42 Å². The van der Waals surface area contributed by atoms with Gasteiger partial charge >= 0.3 is 18.1 Å². The molecule has 0 saturated carbocycles. The number of alkyl carbamates (subject to hydrolysis) is 1. The molecule has 25 heavy (non-hydrogen) atoms. The first-order chi connectivity index (χ1) is 11.7. The number of carboxylic acid groups (broad SMARTS) is 1. The molecule has 3 amide bonds. The van der Waals surface area contributed by atoms with Gasteiger partial charge in [0.05, 0.1) is 5.92 Å². The number of aliphatic carboxylic acids is 1. The Balaban J connectivity index is 1.78. The summed E-state index contributed by atoms with van der Waals surface area (Å²) < 4.78 is 5.25. The van der Waals surface area contributed by atoms with Gasteiger partial charge in [0.25, 0.3) is 0 Å². The van der Waals surface area contributed by atoms with Gasteiger partial charge in [-0.3, -0.25) is 4.79 Å². The highest BCUT2D eigenvalue weighted by Crippen LogP contribution is 2.20. The molecule has 8 nitrogen and oxygen atoms in total. The molecule has 2 fully saturated rings. The molecule has 0 radical (unpaired) electrons.